The molecule has 5 nitrogen and oxygen atoms in total. The summed E-state index contributed by atoms with van der Waals surface area (Å²) in [5, 5.41) is 0.683. The lowest BCUT2D eigenvalue weighted by Gasteiger charge is -2.38. The molecule has 0 radical (unpaired) electrons. The molecule has 1 aromatic rings. The summed E-state index contributed by atoms with van der Waals surface area (Å²) in [7, 11) is 3.52. The predicted molar refractivity (Wildman–Crippen MR) is 106 cm³/mol. The Labute approximate surface area is 165 Å². The zero-order chi connectivity index (χ0) is 19.6. The number of fused-ring (bicyclic) bond motifs is 1. The smallest absolute Gasteiger partial charge is 0.245 e. The molecule has 2 amide bonds. The zero-order valence-corrected chi connectivity index (χ0v) is 16.8. The largest absolute Gasteiger partial charge is 0.496 e. The van der Waals surface area contributed by atoms with Crippen LogP contribution in [-0.4, -0.2) is 48.9 Å². The van der Waals surface area contributed by atoms with Crippen molar-refractivity contribution in [2.75, 3.05) is 27.2 Å². The van der Waals surface area contributed by atoms with Gasteiger partial charge in [0.2, 0.25) is 11.8 Å². The number of methoxy groups -OCH3 is 1. The number of hydrogen-bond donors (Lipinski definition) is 0. The van der Waals surface area contributed by atoms with E-state index in [1.165, 1.54) is 6.08 Å². The van der Waals surface area contributed by atoms with E-state index in [0.717, 1.165) is 49.0 Å². The highest BCUT2D eigenvalue weighted by molar-refractivity contribution is 6.31. The van der Waals surface area contributed by atoms with Gasteiger partial charge >= 0.3 is 0 Å². The Kier molecular flexibility index (Phi) is 6.10. The summed E-state index contributed by atoms with van der Waals surface area (Å²) in [6.07, 6.45) is 5.72. The van der Waals surface area contributed by atoms with Gasteiger partial charge in [0.05, 0.1) is 19.1 Å². The van der Waals surface area contributed by atoms with Crippen molar-refractivity contribution in [3.05, 3.63) is 40.9 Å². The molecule has 1 aliphatic heterocycles. The van der Waals surface area contributed by atoms with Gasteiger partial charge in [-0.05, 0) is 50.3 Å². The first-order valence-electron chi connectivity index (χ1n) is 9.51. The van der Waals surface area contributed by atoms with E-state index in [9.17, 15) is 9.59 Å². The van der Waals surface area contributed by atoms with Gasteiger partial charge in [-0.3, -0.25) is 9.59 Å². The molecule has 1 saturated heterocycles. The molecule has 2 aliphatic rings. The number of amides is 2. The van der Waals surface area contributed by atoms with E-state index in [0.29, 0.717) is 18.1 Å². The first-order valence-corrected chi connectivity index (χ1v) is 9.89. The van der Waals surface area contributed by atoms with Crippen molar-refractivity contribution in [3.8, 4) is 5.75 Å². The molecule has 3 rings (SSSR count). The number of nitrogens with zero attached hydrogens (tertiary/aromatic N) is 2. The topological polar surface area (TPSA) is 49.9 Å². The number of carbonyl (C=O) groups is 2. The van der Waals surface area contributed by atoms with Crippen LogP contribution in [0.15, 0.2) is 24.8 Å². The highest BCUT2D eigenvalue weighted by Gasteiger charge is 2.35. The fraction of sp³-hybridized carbons (Fsp3) is 0.524. The first-order chi connectivity index (χ1) is 13.0. The number of halogens is 1. The van der Waals surface area contributed by atoms with E-state index in [2.05, 4.69) is 6.58 Å². The fourth-order valence-corrected chi connectivity index (χ4v) is 4.68. The van der Waals surface area contributed by atoms with Crippen molar-refractivity contribution in [1.29, 1.82) is 0 Å². The van der Waals surface area contributed by atoms with E-state index in [1.807, 2.05) is 24.1 Å². The van der Waals surface area contributed by atoms with Crippen molar-refractivity contribution in [3.63, 3.8) is 0 Å². The van der Waals surface area contributed by atoms with Gasteiger partial charge in [0.25, 0.3) is 0 Å². The zero-order valence-electron chi connectivity index (χ0n) is 16.0. The van der Waals surface area contributed by atoms with Crippen molar-refractivity contribution < 1.29 is 14.3 Å². The second-order valence-corrected chi connectivity index (χ2v) is 7.73. The lowest BCUT2D eigenvalue weighted by Crippen LogP contribution is -2.46. The summed E-state index contributed by atoms with van der Waals surface area (Å²) in [5.41, 5.74) is 2.11. The van der Waals surface area contributed by atoms with Crippen LogP contribution >= 0.6 is 11.6 Å². The highest BCUT2D eigenvalue weighted by atomic mass is 35.5. The van der Waals surface area contributed by atoms with Crippen molar-refractivity contribution in [2.45, 2.75) is 38.1 Å². The second-order valence-electron chi connectivity index (χ2n) is 7.33. The number of rotatable bonds is 4. The Morgan fingerprint density at radius 1 is 1.33 bits per heavy atom. The number of hydrogen-bond acceptors (Lipinski definition) is 3. The molecule has 2 unspecified atom stereocenters. The predicted octanol–water partition coefficient (Wildman–Crippen LogP) is 3.61. The van der Waals surface area contributed by atoms with E-state index in [-0.39, 0.29) is 23.8 Å². The minimum atomic E-state index is -0.178. The highest BCUT2D eigenvalue weighted by Crippen LogP contribution is 2.42. The quantitative estimate of drug-likeness (QED) is 0.738. The molecule has 0 saturated carbocycles. The summed E-state index contributed by atoms with van der Waals surface area (Å²) >= 11 is 6.53. The molecule has 2 atom stereocenters. The third-order valence-electron chi connectivity index (χ3n) is 5.79. The molecular formula is C21H27ClN2O3. The van der Waals surface area contributed by atoms with Gasteiger partial charge in [0.15, 0.2) is 0 Å². The maximum atomic E-state index is 13.2. The second kappa shape index (κ2) is 8.34. The Bertz CT molecular complexity index is 749. The van der Waals surface area contributed by atoms with Crippen molar-refractivity contribution in [1.82, 2.24) is 9.80 Å². The number of ether oxygens (including phenoxy) is 1. The molecular weight excluding hydrogens is 364 g/mol. The van der Waals surface area contributed by atoms with Gasteiger partial charge in [0.1, 0.15) is 5.75 Å². The minimum absolute atomic E-state index is 0.0608. The van der Waals surface area contributed by atoms with E-state index < -0.39 is 0 Å². The van der Waals surface area contributed by atoms with Crippen LogP contribution in [0, 0.1) is 5.92 Å². The molecule has 1 aromatic carbocycles. The maximum absolute atomic E-state index is 13.2. The van der Waals surface area contributed by atoms with Gasteiger partial charge in [-0.25, -0.2) is 0 Å². The van der Waals surface area contributed by atoms with E-state index in [4.69, 9.17) is 16.3 Å². The van der Waals surface area contributed by atoms with Gasteiger partial charge in [-0.1, -0.05) is 18.2 Å². The van der Waals surface area contributed by atoms with Crippen LogP contribution in [0.5, 0.6) is 5.75 Å². The Hall–Kier alpha value is -2.01. The normalized spacial score (nSPS) is 22.0. The third-order valence-corrected chi connectivity index (χ3v) is 6.12. The van der Waals surface area contributed by atoms with Gasteiger partial charge in [-0.2, -0.15) is 0 Å². The van der Waals surface area contributed by atoms with Crippen LogP contribution in [0.25, 0.3) is 0 Å². The molecule has 0 N–H and O–H groups in total. The molecule has 1 heterocycles. The molecule has 0 aromatic heterocycles. The van der Waals surface area contributed by atoms with Gasteiger partial charge in [-0.15, -0.1) is 0 Å². The Morgan fingerprint density at radius 2 is 2.11 bits per heavy atom. The molecule has 0 bridgehead atoms. The van der Waals surface area contributed by atoms with Crippen LogP contribution in [0.3, 0.4) is 0 Å². The number of carbonyl (C=O) groups excluding carboxylic acids is 2. The number of benzene rings is 1. The van der Waals surface area contributed by atoms with Crippen LogP contribution in [0.1, 0.15) is 42.9 Å². The van der Waals surface area contributed by atoms with Crippen molar-refractivity contribution in [2.24, 2.45) is 5.92 Å². The monoisotopic (exact) mass is 390 g/mol. The molecule has 146 valence electrons. The number of likely N-dealkylation sites (tertiary alicyclic amines) is 1. The lowest BCUT2D eigenvalue weighted by molar-refractivity contribution is -0.140. The van der Waals surface area contributed by atoms with Crippen LogP contribution < -0.4 is 4.74 Å². The summed E-state index contributed by atoms with van der Waals surface area (Å²) in [6, 6.07) is 3.68. The summed E-state index contributed by atoms with van der Waals surface area (Å²) in [4.78, 5) is 28.7. The first kappa shape index (κ1) is 19.7. The average molecular weight is 391 g/mol. The summed E-state index contributed by atoms with van der Waals surface area (Å²) in [6.45, 7) is 4.70. The van der Waals surface area contributed by atoms with E-state index >= 15 is 0 Å². The lowest BCUT2D eigenvalue weighted by atomic mass is 9.85. The summed E-state index contributed by atoms with van der Waals surface area (Å²) < 4.78 is 5.51. The molecule has 6 heteroatoms. The summed E-state index contributed by atoms with van der Waals surface area (Å²) in [5.74, 6) is 0.627. The minimum Gasteiger partial charge on any atom is -0.496 e. The van der Waals surface area contributed by atoms with Crippen LogP contribution in [0.2, 0.25) is 5.02 Å². The fourth-order valence-electron chi connectivity index (χ4n) is 4.38. The Balaban J connectivity index is 1.83. The van der Waals surface area contributed by atoms with Crippen molar-refractivity contribution >= 4 is 23.4 Å². The Morgan fingerprint density at radius 3 is 2.81 bits per heavy atom. The standard InChI is InChI=1S/C21H27ClN2O3/c1-4-19(25)24-12-6-7-14(13-24)21(26)23(2)17-9-5-8-15-18(27-3)11-10-16(22)20(15)17/h4,10-11,14,17H,1,5-9,12-13H2,2-3H3. The number of piperidine rings is 1. The average Bonchev–Trinajstić information content (AvgIpc) is 2.72. The van der Waals surface area contributed by atoms with E-state index in [1.54, 1.807) is 12.0 Å². The van der Waals surface area contributed by atoms with Gasteiger partial charge in [0, 0.05) is 36.3 Å². The molecule has 1 aliphatic carbocycles. The maximum Gasteiger partial charge on any atom is 0.245 e. The van der Waals surface area contributed by atoms with Crippen LogP contribution in [0.4, 0.5) is 0 Å². The third kappa shape index (κ3) is 3.84. The SMILES string of the molecule is C=CC(=O)N1CCCC(C(=O)N(C)C2CCCc3c(OC)ccc(Cl)c32)C1. The molecule has 1 fully saturated rings. The molecule has 27 heavy (non-hydrogen) atoms. The van der Waals surface area contributed by atoms with Crippen LogP contribution in [-0.2, 0) is 16.0 Å². The van der Waals surface area contributed by atoms with Gasteiger partial charge < -0.3 is 14.5 Å². The molecule has 0 spiro atoms.